The average Bonchev–Trinajstić information content (AvgIpc) is 2.48. The van der Waals surface area contributed by atoms with Gasteiger partial charge in [-0.15, -0.1) is 0 Å². The van der Waals surface area contributed by atoms with Crippen molar-refractivity contribution >= 4 is 43.5 Å². The summed E-state index contributed by atoms with van der Waals surface area (Å²) in [5, 5.41) is 0.628. The van der Waals surface area contributed by atoms with Gasteiger partial charge in [-0.2, -0.15) is 0 Å². The van der Waals surface area contributed by atoms with Crippen LogP contribution in [-0.4, -0.2) is 14.2 Å². The van der Waals surface area contributed by atoms with Crippen LogP contribution >= 0.6 is 43.5 Å². The average molecular weight is 435 g/mol. The Kier molecular flexibility index (Phi) is 5.58. The molecule has 1 unspecified atom stereocenters. The van der Waals surface area contributed by atoms with Crippen LogP contribution in [0.25, 0.3) is 0 Å². The molecule has 2 aromatic carbocycles. The maximum atomic E-state index is 6.39. The van der Waals surface area contributed by atoms with Crippen molar-refractivity contribution in [3.8, 4) is 11.5 Å². The highest BCUT2D eigenvalue weighted by molar-refractivity contribution is 9.11. The van der Waals surface area contributed by atoms with E-state index in [0.717, 1.165) is 15.6 Å². The molecular formula is C16H15Br2ClO2. The van der Waals surface area contributed by atoms with E-state index in [4.69, 9.17) is 21.1 Å². The number of rotatable bonds is 4. The molecule has 1 atom stereocenters. The third-order valence-electron chi connectivity index (χ3n) is 3.20. The molecule has 0 N–H and O–H groups in total. The SMILES string of the molecule is COc1cc(Cl)c(C(Br)c2cc(C)ccc2Br)cc1OC. The zero-order valence-electron chi connectivity index (χ0n) is 11.9. The lowest BCUT2D eigenvalue weighted by Crippen LogP contribution is -1.99. The smallest absolute Gasteiger partial charge is 0.162 e. The van der Waals surface area contributed by atoms with Gasteiger partial charge in [0.2, 0.25) is 0 Å². The van der Waals surface area contributed by atoms with Crippen molar-refractivity contribution < 1.29 is 9.47 Å². The van der Waals surface area contributed by atoms with E-state index in [9.17, 15) is 0 Å². The van der Waals surface area contributed by atoms with E-state index in [0.29, 0.717) is 16.5 Å². The number of hydrogen-bond donors (Lipinski definition) is 0. The Morgan fingerprint density at radius 1 is 1.00 bits per heavy atom. The summed E-state index contributed by atoms with van der Waals surface area (Å²) in [6.45, 7) is 2.06. The van der Waals surface area contributed by atoms with Gasteiger partial charge in [0.1, 0.15) is 0 Å². The molecule has 0 aliphatic heterocycles. The predicted octanol–water partition coefficient (Wildman–Crippen LogP) is 5.91. The third-order valence-corrected chi connectivity index (χ3v) is 5.24. The molecule has 2 aromatic rings. The van der Waals surface area contributed by atoms with E-state index in [-0.39, 0.29) is 4.83 Å². The van der Waals surface area contributed by atoms with Crippen LogP contribution in [0.2, 0.25) is 5.02 Å². The van der Waals surface area contributed by atoms with Crippen molar-refractivity contribution in [1.82, 2.24) is 0 Å². The number of alkyl halides is 1. The molecule has 0 saturated heterocycles. The van der Waals surface area contributed by atoms with Gasteiger partial charge in [0.05, 0.1) is 19.0 Å². The van der Waals surface area contributed by atoms with E-state index in [1.54, 1.807) is 20.3 Å². The molecule has 5 heteroatoms. The number of aryl methyl sites for hydroxylation is 1. The number of hydrogen-bond acceptors (Lipinski definition) is 2. The topological polar surface area (TPSA) is 18.5 Å². The summed E-state index contributed by atoms with van der Waals surface area (Å²) in [7, 11) is 3.21. The molecule has 0 aliphatic carbocycles. The number of ether oxygens (including phenoxy) is 2. The van der Waals surface area contributed by atoms with Crippen molar-refractivity contribution in [2.45, 2.75) is 11.8 Å². The first kappa shape index (κ1) is 16.7. The van der Waals surface area contributed by atoms with Crippen LogP contribution < -0.4 is 9.47 Å². The molecular weight excluding hydrogens is 419 g/mol. The summed E-state index contributed by atoms with van der Waals surface area (Å²) in [5.41, 5.74) is 3.24. The zero-order chi connectivity index (χ0) is 15.6. The highest BCUT2D eigenvalue weighted by Gasteiger charge is 2.19. The van der Waals surface area contributed by atoms with E-state index < -0.39 is 0 Å². The molecule has 0 aromatic heterocycles. The van der Waals surface area contributed by atoms with Gasteiger partial charge in [-0.25, -0.2) is 0 Å². The number of benzene rings is 2. The molecule has 0 radical (unpaired) electrons. The summed E-state index contributed by atoms with van der Waals surface area (Å²) in [5.74, 6) is 1.28. The standard InChI is InChI=1S/C16H15Br2ClO2/c1-9-4-5-12(17)10(6-9)16(18)11-7-14(20-2)15(21-3)8-13(11)19/h4-8,16H,1-3H3. The fraction of sp³-hybridized carbons (Fsp3) is 0.250. The summed E-state index contributed by atoms with van der Waals surface area (Å²) < 4.78 is 11.7. The second-order valence-corrected chi connectivity index (χ2v) is 6.79. The molecule has 0 amide bonds. The molecule has 112 valence electrons. The maximum Gasteiger partial charge on any atom is 0.162 e. The summed E-state index contributed by atoms with van der Waals surface area (Å²) >= 11 is 13.7. The van der Waals surface area contributed by atoms with Crippen LogP contribution in [-0.2, 0) is 0 Å². The van der Waals surface area contributed by atoms with Gasteiger partial charge in [0, 0.05) is 15.6 Å². The minimum atomic E-state index is -0.0425. The van der Waals surface area contributed by atoms with E-state index in [2.05, 4.69) is 50.9 Å². The van der Waals surface area contributed by atoms with Crippen LogP contribution in [0, 0.1) is 6.92 Å². The Hall–Kier alpha value is -0.710. The molecule has 2 nitrogen and oxygen atoms in total. The lowest BCUT2D eigenvalue weighted by molar-refractivity contribution is 0.354. The van der Waals surface area contributed by atoms with Crippen molar-refractivity contribution in [3.63, 3.8) is 0 Å². The Morgan fingerprint density at radius 3 is 2.24 bits per heavy atom. The van der Waals surface area contributed by atoms with Gasteiger partial charge in [0.25, 0.3) is 0 Å². The van der Waals surface area contributed by atoms with E-state index in [1.807, 2.05) is 12.1 Å². The van der Waals surface area contributed by atoms with Gasteiger partial charge < -0.3 is 9.47 Å². The molecule has 0 aliphatic rings. The summed E-state index contributed by atoms with van der Waals surface area (Å²) in [6, 6.07) is 9.89. The predicted molar refractivity (Wildman–Crippen MR) is 94.2 cm³/mol. The highest BCUT2D eigenvalue weighted by atomic mass is 79.9. The molecule has 0 spiro atoms. The van der Waals surface area contributed by atoms with Crippen LogP contribution in [0.3, 0.4) is 0 Å². The summed E-state index contributed by atoms with van der Waals surface area (Å²) in [6.07, 6.45) is 0. The molecule has 21 heavy (non-hydrogen) atoms. The van der Waals surface area contributed by atoms with E-state index in [1.165, 1.54) is 5.56 Å². The van der Waals surface area contributed by atoms with Gasteiger partial charge in [-0.3, -0.25) is 0 Å². The number of halogens is 3. The minimum absolute atomic E-state index is 0.0425. The van der Waals surface area contributed by atoms with Crippen molar-refractivity contribution in [2.24, 2.45) is 0 Å². The largest absolute Gasteiger partial charge is 0.493 e. The first-order valence-electron chi connectivity index (χ1n) is 6.29. The lowest BCUT2D eigenvalue weighted by Gasteiger charge is -2.17. The van der Waals surface area contributed by atoms with Gasteiger partial charge >= 0.3 is 0 Å². The molecule has 0 heterocycles. The Balaban J connectivity index is 2.52. The minimum Gasteiger partial charge on any atom is -0.493 e. The monoisotopic (exact) mass is 432 g/mol. The quantitative estimate of drug-likeness (QED) is 0.557. The fourth-order valence-corrected chi connectivity index (χ4v) is 4.02. The fourth-order valence-electron chi connectivity index (χ4n) is 2.09. The first-order chi connectivity index (χ1) is 9.97. The second-order valence-electron chi connectivity index (χ2n) is 4.62. The van der Waals surface area contributed by atoms with Crippen molar-refractivity contribution in [1.29, 1.82) is 0 Å². The second kappa shape index (κ2) is 7.03. The van der Waals surface area contributed by atoms with Crippen LogP contribution in [0.1, 0.15) is 21.5 Å². The third kappa shape index (κ3) is 3.55. The number of methoxy groups -OCH3 is 2. The summed E-state index contributed by atoms with van der Waals surface area (Å²) in [4.78, 5) is -0.0425. The van der Waals surface area contributed by atoms with E-state index >= 15 is 0 Å². The van der Waals surface area contributed by atoms with Crippen molar-refractivity contribution in [2.75, 3.05) is 14.2 Å². The Bertz CT molecular complexity index is 659. The zero-order valence-corrected chi connectivity index (χ0v) is 15.8. The van der Waals surface area contributed by atoms with Gasteiger partial charge in [0.15, 0.2) is 11.5 Å². The van der Waals surface area contributed by atoms with Gasteiger partial charge in [-0.05, 0) is 30.2 Å². The molecule has 0 fully saturated rings. The maximum absolute atomic E-state index is 6.39. The van der Waals surface area contributed by atoms with Gasteiger partial charge in [-0.1, -0.05) is 61.2 Å². The first-order valence-corrected chi connectivity index (χ1v) is 8.38. The molecule has 2 rings (SSSR count). The van der Waals surface area contributed by atoms with Crippen LogP contribution in [0.15, 0.2) is 34.8 Å². The Morgan fingerprint density at radius 2 is 1.62 bits per heavy atom. The van der Waals surface area contributed by atoms with Crippen LogP contribution in [0.4, 0.5) is 0 Å². The molecule has 0 saturated carbocycles. The Labute approximate surface area is 146 Å². The lowest BCUT2D eigenvalue weighted by atomic mass is 10.0. The normalized spacial score (nSPS) is 12.1. The van der Waals surface area contributed by atoms with Crippen LogP contribution in [0.5, 0.6) is 11.5 Å². The molecule has 0 bridgehead atoms. The highest BCUT2D eigenvalue weighted by Crippen LogP contribution is 2.43. The van der Waals surface area contributed by atoms with Crippen molar-refractivity contribution in [3.05, 3.63) is 56.5 Å².